The van der Waals surface area contributed by atoms with Crippen LogP contribution in [0.1, 0.15) is 47.4 Å². The second kappa shape index (κ2) is 11.1. The molecule has 0 bridgehead atoms. The van der Waals surface area contributed by atoms with Crippen molar-refractivity contribution in [2.24, 2.45) is 5.92 Å². The van der Waals surface area contributed by atoms with Crippen molar-refractivity contribution in [3.05, 3.63) is 65.4 Å². The van der Waals surface area contributed by atoms with Crippen molar-refractivity contribution in [2.75, 3.05) is 26.7 Å². The number of urea groups is 1. The van der Waals surface area contributed by atoms with E-state index in [0.717, 1.165) is 11.3 Å². The van der Waals surface area contributed by atoms with Crippen LogP contribution in [0.2, 0.25) is 0 Å². The maximum Gasteiger partial charge on any atom is 0.318 e. The number of nitrogens with zero attached hydrogens (tertiary/aromatic N) is 2. The van der Waals surface area contributed by atoms with Crippen LogP contribution in [-0.4, -0.2) is 48.5 Å². The molecule has 0 aromatic heterocycles. The summed E-state index contributed by atoms with van der Waals surface area (Å²) in [6.07, 6.45) is 0.689. The molecular formula is C25H34FN3O2. The number of amides is 2. The standard InChI is InChI=1S/C25H34FN3O2/c1-19(2)18-31-24-10-6-20(7-11-24)16-27-25(30)29(23-12-14-28(3)15-13-23)17-21-4-8-22(26)9-5-21/h4-11,19,23H,12-18H2,1-3H3,(H,27,30)/i3D3,4D,5D,8D,9D. The number of rotatable bonds is 8. The van der Waals surface area contributed by atoms with Crippen molar-refractivity contribution in [2.45, 2.75) is 45.8 Å². The quantitative estimate of drug-likeness (QED) is 0.657. The van der Waals surface area contributed by atoms with Gasteiger partial charge in [0.25, 0.3) is 0 Å². The number of halogens is 1. The molecule has 5 nitrogen and oxygen atoms in total. The Balaban J connectivity index is 1.78. The number of carbonyl (C=O) groups excluding carboxylic acids is 1. The van der Waals surface area contributed by atoms with Crippen LogP contribution >= 0.6 is 0 Å². The molecule has 0 unspecified atom stereocenters. The monoisotopic (exact) mass is 434 g/mol. The molecule has 1 fully saturated rings. The lowest BCUT2D eigenvalue weighted by Crippen LogP contribution is -2.49. The summed E-state index contributed by atoms with van der Waals surface area (Å²) in [5.74, 6) is -0.138. The van der Waals surface area contributed by atoms with Crippen molar-refractivity contribution in [1.29, 1.82) is 0 Å². The van der Waals surface area contributed by atoms with Gasteiger partial charge in [-0.3, -0.25) is 0 Å². The molecule has 0 saturated carbocycles. The third kappa shape index (κ3) is 7.24. The zero-order chi connectivity index (χ0) is 28.2. The minimum atomic E-state index is -2.25. The molecule has 1 aliphatic heterocycles. The fraction of sp³-hybridized carbons (Fsp3) is 0.480. The molecule has 0 atom stereocenters. The van der Waals surface area contributed by atoms with Gasteiger partial charge in [0.1, 0.15) is 11.6 Å². The SMILES string of the molecule is [2H]c1c([2H])c(CN(C(=O)NCc2ccc(OCC(C)C)cc2)C2CCN(C([2H])([2H])[2H])CC2)c([2H])c([2H])c1F. The molecule has 2 amide bonds. The second-order valence-electron chi connectivity index (χ2n) is 8.15. The van der Waals surface area contributed by atoms with Gasteiger partial charge in [0, 0.05) is 23.2 Å². The average Bonchev–Trinajstić information content (AvgIpc) is 2.88. The predicted molar refractivity (Wildman–Crippen MR) is 121 cm³/mol. The molecule has 168 valence electrons. The highest BCUT2D eigenvalue weighted by atomic mass is 19.1. The zero-order valence-corrected chi connectivity index (χ0v) is 18.0. The summed E-state index contributed by atoms with van der Waals surface area (Å²) in [6.45, 7) is 2.81. The first-order chi connectivity index (χ1) is 17.8. The number of nitrogens with one attached hydrogen (secondary N) is 1. The fourth-order valence-electron chi connectivity index (χ4n) is 3.36. The Bertz CT molecular complexity index is 1090. The molecule has 0 aliphatic carbocycles. The van der Waals surface area contributed by atoms with Gasteiger partial charge in [-0.15, -0.1) is 0 Å². The van der Waals surface area contributed by atoms with Gasteiger partial charge in [0.15, 0.2) is 0 Å². The van der Waals surface area contributed by atoms with E-state index in [9.17, 15) is 9.18 Å². The molecular weight excluding hydrogens is 393 g/mol. The molecule has 1 heterocycles. The smallest absolute Gasteiger partial charge is 0.318 e. The molecule has 1 N–H and O–H groups in total. The summed E-state index contributed by atoms with van der Waals surface area (Å²) in [6, 6.07) is 3.71. The van der Waals surface area contributed by atoms with Crippen LogP contribution in [0.25, 0.3) is 0 Å². The molecule has 1 aliphatic rings. The maximum absolute atomic E-state index is 14.1. The fourth-order valence-corrected chi connectivity index (χ4v) is 3.36. The third-order valence-electron chi connectivity index (χ3n) is 5.09. The highest BCUT2D eigenvalue weighted by Gasteiger charge is 2.27. The lowest BCUT2D eigenvalue weighted by atomic mass is 10.0. The molecule has 2 aromatic rings. The van der Waals surface area contributed by atoms with Gasteiger partial charge in [-0.25, -0.2) is 9.18 Å². The van der Waals surface area contributed by atoms with E-state index >= 15 is 0 Å². The van der Waals surface area contributed by atoms with Crippen LogP contribution in [-0.2, 0) is 13.1 Å². The summed E-state index contributed by atoms with van der Waals surface area (Å²) in [5, 5.41) is 2.84. The van der Waals surface area contributed by atoms with Crippen LogP contribution in [0, 0.1) is 11.7 Å². The summed E-state index contributed by atoms with van der Waals surface area (Å²) in [7, 11) is 0. The van der Waals surface area contributed by atoms with E-state index in [1.54, 1.807) is 0 Å². The van der Waals surface area contributed by atoms with E-state index in [0.29, 0.717) is 25.4 Å². The topological polar surface area (TPSA) is 44.8 Å². The second-order valence-corrected chi connectivity index (χ2v) is 8.15. The number of hydrogen-bond donors (Lipinski definition) is 1. The van der Waals surface area contributed by atoms with Crippen molar-refractivity contribution in [3.63, 3.8) is 0 Å². The van der Waals surface area contributed by atoms with Crippen LogP contribution in [0.4, 0.5) is 9.18 Å². The number of benzene rings is 2. The van der Waals surface area contributed by atoms with Crippen molar-refractivity contribution < 1.29 is 23.5 Å². The molecule has 0 radical (unpaired) electrons. The third-order valence-corrected chi connectivity index (χ3v) is 5.09. The molecule has 6 heteroatoms. The Hall–Kier alpha value is -2.60. The summed E-state index contributed by atoms with van der Waals surface area (Å²) >= 11 is 0. The summed E-state index contributed by atoms with van der Waals surface area (Å²) in [4.78, 5) is 16.1. The number of likely N-dealkylation sites (tertiary alicyclic amines) is 1. The van der Waals surface area contributed by atoms with Crippen LogP contribution in [0.15, 0.2) is 48.4 Å². The number of carbonyl (C=O) groups is 1. The molecule has 1 saturated heterocycles. The molecule has 31 heavy (non-hydrogen) atoms. The zero-order valence-electron chi connectivity index (χ0n) is 25.0. The lowest BCUT2D eigenvalue weighted by Gasteiger charge is -2.37. The van der Waals surface area contributed by atoms with E-state index in [1.165, 1.54) is 9.80 Å². The van der Waals surface area contributed by atoms with Gasteiger partial charge in [0.05, 0.1) is 12.1 Å². The van der Waals surface area contributed by atoms with Crippen LogP contribution < -0.4 is 10.1 Å². The van der Waals surface area contributed by atoms with E-state index < -0.39 is 49.0 Å². The Morgan fingerprint density at radius 3 is 2.52 bits per heavy atom. The minimum absolute atomic E-state index is 0.0959. The van der Waals surface area contributed by atoms with E-state index in [-0.39, 0.29) is 31.7 Å². The Morgan fingerprint density at radius 2 is 1.90 bits per heavy atom. The highest BCUT2D eigenvalue weighted by Crippen LogP contribution is 2.19. The first-order valence-corrected chi connectivity index (χ1v) is 10.6. The normalized spacial score (nSPS) is 18.8. The first-order valence-electron chi connectivity index (χ1n) is 14.1. The van der Waals surface area contributed by atoms with Crippen molar-refractivity contribution in [1.82, 2.24) is 15.1 Å². The van der Waals surface area contributed by atoms with Crippen LogP contribution in [0.5, 0.6) is 5.75 Å². The lowest BCUT2D eigenvalue weighted by molar-refractivity contribution is 0.127. The Labute approximate surface area is 195 Å². The summed E-state index contributed by atoms with van der Waals surface area (Å²) in [5.41, 5.74) is 0.722. The maximum atomic E-state index is 14.1. The van der Waals surface area contributed by atoms with Crippen molar-refractivity contribution in [3.8, 4) is 5.75 Å². The van der Waals surface area contributed by atoms with E-state index in [1.807, 2.05) is 24.3 Å². The Kier molecular flexibility index (Phi) is 5.48. The first kappa shape index (κ1) is 15.2. The molecule has 2 aromatic carbocycles. The molecule has 3 rings (SSSR count). The number of ether oxygens (including phenoxy) is 1. The number of hydrogen-bond acceptors (Lipinski definition) is 3. The highest BCUT2D eigenvalue weighted by molar-refractivity contribution is 5.74. The van der Waals surface area contributed by atoms with Gasteiger partial charge in [-0.05, 0) is 74.2 Å². The molecule has 0 spiro atoms. The van der Waals surface area contributed by atoms with Gasteiger partial charge >= 0.3 is 6.03 Å². The predicted octanol–water partition coefficient (Wildman–Crippen LogP) is 4.67. The van der Waals surface area contributed by atoms with Gasteiger partial charge in [-0.1, -0.05) is 38.1 Å². The average molecular weight is 435 g/mol. The number of piperidine rings is 1. The Morgan fingerprint density at radius 1 is 1.23 bits per heavy atom. The minimum Gasteiger partial charge on any atom is -0.493 e. The largest absolute Gasteiger partial charge is 0.493 e. The van der Waals surface area contributed by atoms with E-state index in [4.69, 9.17) is 14.3 Å². The van der Waals surface area contributed by atoms with E-state index in [2.05, 4.69) is 19.2 Å². The van der Waals surface area contributed by atoms with Gasteiger partial charge < -0.3 is 19.9 Å². The summed E-state index contributed by atoms with van der Waals surface area (Å²) < 4.78 is 74.7. The van der Waals surface area contributed by atoms with Gasteiger partial charge in [0.2, 0.25) is 0 Å². The van der Waals surface area contributed by atoms with Gasteiger partial charge in [-0.2, -0.15) is 0 Å². The van der Waals surface area contributed by atoms with Crippen molar-refractivity contribution >= 4 is 6.03 Å². The van der Waals surface area contributed by atoms with Crippen LogP contribution in [0.3, 0.4) is 0 Å².